The molecule has 22 heavy (non-hydrogen) atoms. The molecule has 8 heteroatoms. The van der Waals surface area contributed by atoms with Crippen molar-refractivity contribution < 1.29 is 8.42 Å². The van der Waals surface area contributed by atoms with E-state index >= 15 is 0 Å². The minimum atomic E-state index is -2.86. The van der Waals surface area contributed by atoms with Crippen molar-refractivity contribution in [3.63, 3.8) is 0 Å². The molecule has 0 aromatic heterocycles. The van der Waals surface area contributed by atoms with Crippen LogP contribution in [0.5, 0.6) is 0 Å². The predicted octanol–water partition coefficient (Wildman–Crippen LogP) is 1.75. The molecule has 1 aromatic rings. The van der Waals surface area contributed by atoms with E-state index in [-0.39, 0.29) is 41.5 Å². The van der Waals surface area contributed by atoms with Gasteiger partial charge in [-0.15, -0.1) is 35.7 Å². The van der Waals surface area contributed by atoms with Crippen molar-refractivity contribution >= 4 is 51.5 Å². The highest BCUT2D eigenvalue weighted by atomic mass is 127. The molecular weight excluding hydrogens is 433 g/mol. The lowest BCUT2D eigenvalue weighted by molar-refractivity contribution is 0.599. The average molecular weight is 455 g/mol. The van der Waals surface area contributed by atoms with Gasteiger partial charge in [-0.3, -0.25) is 4.99 Å². The van der Waals surface area contributed by atoms with Gasteiger partial charge in [0, 0.05) is 30.3 Å². The van der Waals surface area contributed by atoms with E-state index in [1.807, 2.05) is 18.2 Å². The third-order valence-electron chi connectivity index (χ3n) is 3.20. The Morgan fingerprint density at radius 3 is 2.68 bits per heavy atom. The van der Waals surface area contributed by atoms with Crippen LogP contribution in [0.3, 0.4) is 0 Å². The second kappa shape index (κ2) is 9.61. The van der Waals surface area contributed by atoms with Crippen LogP contribution in [0.15, 0.2) is 40.2 Å². The SMILES string of the molecule is CN=C(NCCSc1ccccc1)NC1CCS(=O)(=O)C1.I. The van der Waals surface area contributed by atoms with Gasteiger partial charge in [0.1, 0.15) is 0 Å². The Morgan fingerprint density at radius 1 is 1.36 bits per heavy atom. The molecule has 1 heterocycles. The molecule has 5 nitrogen and oxygen atoms in total. The second-order valence-electron chi connectivity index (χ2n) is 4.90. The largest absolute Gasteiger partial charge is 0.356 e. The maximum absolute atomic E-state index is 11.4. The van der Waals surface area contributed by atoms with E-state index in [1.54, 1.807) is 18.8 Å². The normalized spacial score (nSPS) is 20.2. The molecule has 1 fully saturated rings. The molecule has 1 unspecified atom stereocenters. The van der Waals surface area contributed by atoms with E-state index in [2.05, 4.69) is 27.8 Å². The smallest absolute Gasteiger partial charge is 0.191 e. The Morgan fingerprint density at radius 2 is 2.09 bits per heavy atom. The predicted molar refractivity (Wildman–Crippen MR) is 104 cm³/mol. The molecule has 1 aliphatic heterocycles. The summed E-state index contributed by atoms with van der Waals surface area (Å²) in [6.45, 7) is 0.776. The second-order valence-corrected chi connectivity index (χ2v) is 8.30. The number of rotatable bonds is 5. The summed E-state index contributed by atoms with van der Waals surface area (Å²) >= 11 is 1.77. The average Bonchev–Trinajstić information content (AvgIpc) is 2.82. The van der Waals surface area contributed by atoms with Gasteiger partial charge in [-0.2, -0.15) is 0 Å². The minimum absolute atomic E-state index is 0. The van der Waals surface area contributed by atoms with Gasteiger partial charge in [0.05, 0.1) is 11.5 Å². The standard InChI is InChI=1S/C14H21N3O2S2.HI/c1-15-14(17-12-7-10-21(18,19)11-12)16-8-9-20-13-5-3-2-4-6-13;/h2-6,12H,7-11H2,1H3,(H2,15,16,17);1H. The number of aliphatic imine (C=N–C) groups is 1. The van der Waals surface area contributed by atoms with Crippen molar-refractivity contribution in [3.8, 4) is 0 Å². The van der Waals surface area contributed by atoms with E-state index in [0.717, 1.165) is 12.3 Å². The van der Waals surface area contributed by atoms with Crippen LogP contribution in [0.2, 0.25) is 0 Å². The third-order valence-corrected chi connectivity index (χ3v) is 5.99. The highest BCUT2D eigenvalue weighted by Crippen LogP contribution is 2.15. The van der Waals surface area contributed by atoms with Crippen molar-refractivity contribution in [2.45, 2.75) is 17.4 Å². The summed E-state index contributed by atoms with van der Waals surface area (Å²) in [6.07, 6.45) is 0.655. The maximum Gasteiger partial charge on any atom is 0.191 e. The summed E-state index contributed by atoms with van der Waals surface area (Å²) < 4.78 is 22.8. The van der Waals surface area contributed by atoms with Crippen molar-refractivity contribution in [2.24, 2.45) is 4.99 Å². The lowest BCUT2D eigenvalue weighted by Gasteiger charge is -2.15. The molecule has 2 N–H and O–H groups in total. The van der Waals surface area contributed by atoms with Crippen LogP contribution in [0.25, 0.3) is 0 Å². The summed E-state index contributed by atoms with van der Waals surface area (Å²) in [7, 11) is -1.16. The zero-order valence-corrected chi connectivity index (χ0v) is 16.5. The molecule has 0 spiro atoms. The van der Waals surface area contributed by atoms with Crippen LogP contribution < -0.4 is 10.6 Å². The zero-order chi connectivity index (χ0) is 15.1. The number of sulfone groups is 1. The molecule has 0 radical (unpaired) electrons. The Hall–Kier alpha value is -0.480. The van der Waals surface area contributed by atoms with Crippen molar-refractivity contribution in [1.29, 1.82) is 0 Å². The summed E-state index contributed by atoms with van der Waals surface area (Å²) in [6, 6.07) is 10.2. The molecule has 124 valence electrons. The Kier molecular flexibility index (Phi) is 8.55. The fraction of sp³-hybridized carbons (Fsp3) is 0.500. The number of halogens is 1. The van der Waals surface area contributed by atoms with E-state index in [9.17, 15) is 8.42 Å². The van der Waals surface area contributed by atoms with Crippen molar-refractivity contribution in [3.05, 3.63) is 30.3 Å². The number of hydrogen-bond acceptors (Lipinski definition) is 4. The van der Waals surface area contributed by atoms with Gasteiger partial charge < -0.3 is 10.6 Å². The van der Waals surface area contributed by atoms with Crippen LogP contribution in [-0.2, 0) is 9.84 Å². The maximum atomic E-state index is 11.4. The molecular formula is C14H22IN3O2S2. The van der Waals surface area contributed by atoms with Gasteiger partial charge in [0.25, 0.3) is 0 Å². The van der Waals surface area contributed by atoms with Crippen LogP contribution >= 0.6 is 35.7 Å². The fourth-order valence-electron chi connectivity index (χ4n) is 2.15. The molecule has 0 bridgehead atoms. The fourth-order valence-corrected chi connectivity index (χ4v) is 4.61. The first kappa shape index (κ1) is 19.6. The lowest BCUT2D eigenvalue weighted by Crippen LogP contribution is -2.44. The summed E-state index contributed by atoms with van der Waals surface area (Å²) in [5.74, 6) is 2.07. The highest BCUT2D eigenvalue weighted by molar-refractivity contribution is 14.0. The molecule has 1 aromatic carbocycles. The number of thioether (sulfide) groups is 1. The van der Waals surface area contributed by atoms with Gasteiger partial charge in [-0.25, -0.2) is 8.42 Å². The molecule has 1 aliphatic rings. The number of hydrogen-bond donors (Lipinski definition) is 2. The molecule has 0 amide bonds. The first-order valence-corrected chi connectivity index (χ1v) is 9.75. The first-order chi connectivity index (χ1) is 10.1. The van der Waals surface area contributed by atoms with E-state index in [4.69, 9.17) is 0 Å². The zero-order valence-electron chi connectivity index (χ0n) is 12.5. The molecule has 2 rings (SSSR count). The molecule has 1 atom stereocenters. The van der Waals surface area contributed by atoms with Gasteiger partial charge in [-0.05, 0) is 18.6 Å². The van der Waals surface area contributed by atoms with Gasteiger partial charge in [0.2, 0.25) is 0 Å². The highest BCUT2D eigenvalue weighted by Gasteiger charge is 2.28. The molecule has 0 saturated carbocycles. The van der Waals surface area contributed by atoms with E-state index < -0.39 is 9.84 Å². The quantitative estimate of drug-likeness (QED) is 0.233. The van der Waals surface area contributed by atoms with Crippen LogP contribution in [-0.4, -0.2) is 51.3 Å². The van der Waals surface area contributed by atoms with Crippen LogP contribution in [0, 0.1) is 0 Å². The summed E-state index contributed by atoms with van der Waals surface area (Å²) in [5, 5.41) is 6.39. The minimum Gasteiger partial charge on any atom is -0.356 e. The third kappa shape index (κ3) is 6.74. The Bertz CT molecular complexity index is 579. The first-order valence-electron chi connectivity index (χ1n) is 6.94. The summed E-state index contributed by atoms with van der Waals surface area (Å²) in [4.78, 5) is 5.37. The van der Waals surface area contributed by atoms with Gasteiger partial charge in [0.15, 0.2) is 15.8 Å². The molecule has 0 aliphatic carbocycles. The lowest BCUT2D eigenvalue weighted by atomic mass is 10.3. The van der Waals surface area contributed by atoms with Gasteiger partial charge in [-0.1, -0.05) is 18.2 Å². The van der Waals surface area contributed by atoms with Crippen molar-refractivity contribution in [1.82, 2.24) is 10.6 Å². The van der Waals surface area contributed by atoms with E-state index in [0.29, 0.717) is 12.4 Å². The van der Waals surface area contributed by atoms with Gasteiger partial charge >= 0.3 is 0 Å². The number of guanidine groups is 1. The van der Waals surface area contributed by atoms with E-state index in [1.165, 1.54) is 4.90 Å². The van der Waals surface area contributed by atoms with Crippen LogP contribution in [0.4, 0.5) is 0 Å². The monoisotopic (exact) mass is 455 g/mol. The topological polar surface area (TPSA) is 70.6 Å². The number of benzene rings is 1. The summed E-state index contributed by atoms with van der Waals surface area (Å²) in [5.41, 5.74) is 0. The number of nitrogens with zero attached hydrogens (tertiary/aromatic N) is 1. The molecule has 1 saturated heterocycles. The Balaban J connectivity index is 0.00000242. The van der Waals surface area contributed by atoms with Crippen molar-refractivity contribution in [2.75, 3.05) is 30.9 Å². The Labute approximate surface area is 153 Å². The number of nitrogens with one attached hydrogen (secondary N) is 2. The van der Waals surface area contributed by atoms with Crippen LogP contribution in [0.1, 0.15) is 6.42 Å².